The topological polar surface area (TPSA) is 50.4 Å². The van der Waals surface area contributed by atoms with Gasteiger partial charge in [-0.1, -0.05) is 30.3 Å². The number of morpholine rings is 1. The smallest absolute Gasteiger partial charge is 0.243 e. The molecule has 0 bridgehead atoms. The number of carbonyl (C=O) groups is 1. The van der Waals surface area contributed by atoms with Crippen LogP contribution in [0.2, 0.25) is 0 Å². The molecule has 0 radical (unpaired) electrons. The van der Waals surface area contributed by atoms with Crippen LogP contribution < -0.4 is 10.6 Å². The molecule has 2 aromatic carbocycles. The van der Waals surface area contributed by atoms with E-state index >= 15 is 0 Å². The maximum atomic E-state index is 12.0. The molecule has 1 heterocycles. The second kappa shape index (κ2) is 5.38. The van der Waals surface area contributed by atoms with E-state index in [1.54, 1.807) is 0 Å². The standard InChI is InChI=1S/C15H16N2O2/c18-15(14-10-19-8-7-16-14)17-13-6-5-11-3-1-2-4-12(11)9-13/h1-6,9,14,16H,7-8,10H2,(H,17,18). The van der Waals surface area contributed by atoms with Gasteiger partial charge in [-0.3, -0.25) is 4.79 Å². The van der Waals surface area contributed by atoms with Gasteiger partial charge in [0.25, 0.3) is 0 Å². The molecular formula is C15H16N2O2. The highest BCUT2D eigenvalue weighted by molar-refractivity contribution is 5.97. The van der Waals surface area contributed by atoms with Crippen LogP contribution in [0.15, 0.2) is 42.5 Å². The van der Waals surface area contributed by atoms with Gasteiger partial charge < -0.3 is 15.4 Å². The predicted octanol–water partition coefficient (Wildman–Crippen LogP) is 1.77. The molecule has 4 heteroatoms. The number of nitrogens with one attached hydrogen (secondary N) is 2. The first-order chi connectivity index (χ1) is 9.33. The van der Waals surface area contributed by atoms with Crippen molar-refractivity contribution in [3.63, 3.8) is 0 Å². The molecule has 0 spiro atoms. The largest absolute Gasteiger partial charge is 0.378 e. The van der Waals surface area contributed by atoms with Crippen molar-refractivity contribution in [1.82, 2.24) is 5.32 Å². The molecule has 98 valence electrons. The number of amides is 1. The maximum absolute atomic E-state index is 12.0. The number of anilines is 1. The van der Waals surface area contributed by atoms with Crippen molar-refractivity contribution < 1.29 is 9.53 Å². The fraction of sp³-hybridized carbons (Fsp3) is 0.267. The number of ether oxygens (including phenoxy) is 1. The van der Waals surface area contributed by atoms with Crippen LogP contribution in [-0.2, 0) is 9.53 Å². The van der Waals surface area contributed by atoms with Crippen LogP contribution in [0, 0.1) is 0 Å². The lowest BCUT2D eigenvalue weighted by Crippen LogP contribution is -2.48. The minimum absolute atomic E-state index is 0.0463. The summed E-state index contributed by atoms with van der Waals surface area (Å²) in [6, 6.07) is 13.7. The van der Waals surface area contributed by atoms with Gasteiger partial charge in [0.2, 0.25) is 5.91 Å². The third-order valence-corrected chi connectivity index (χ3v) is 3.26. The van der Waals surface area contributed by atoms with Gasteiger partial charge in [-0.25, -0.2) is 0 Å². The summed E-state index contributed by atoms with van der Waals surface area (Å²) in [4.78, 5) is 12.0. The minimum Gasteiger partial charge on any atom is -0.378 e. The van der Waals surface area contributed by atoms with E-state index in [9.17, 15) is 4.79 Å². The van der Waals surface area contributed by atoms with Gasteiger partial charge in [0.15, 0.2) is 0 Å². The van der Waals surface area contributed by atoms with Gasteiger partial charge in [-0.05, 0) is 22.9 Å². The van der Waals surface area contributed by atoms with Crippen LogP contribution in [0.1, 0.15) is 0 Å². The van der Waals surface area contributed by atoms with Gasteiger partial charge in [0.1, 0.15) is 6.04 Å². The van der Waals surface area contributed by atoms with Crippen molar-refractivity contribution in [3.05, 3.63) is 42.5 Å². The Balaban J connectivity index is 1.75. The molecule has 1 atom stereocenters. The van der Waals surface area contributed by atoms with Gasteiger partial charge in [-0.2, -0.15) is 0 Å². The van der Waals surface area contributed by atoms with Gasteiger partial charge >= 0.3 is 0 Å². The van der Waals surface area contributed by atoms with Crippen molar-refractivity contribution in [2.75, 3.05) is 25.1 Å². The Morgan fingerprint density at radius 3 is 2.84 bits per heavy atom. The van der Waals surface area contributed by atoms with E-state index in [1.165, 1.54) is 5.39 Å². The first kappa shape index (κ1) is 12.1. The van der Waals surface area contributed by atoms with Crippen LogP contribution in [0.3, 0.4) is 0 Å². The zero-order chi connectivity index (χ0) is 13.1. The second-order valence-electron chi connectivity index (χ2n) is 4.63. The van der Waals surface area contributed by atoms with Gasteiger partial charge in [0.05, 0.1) is 13.2 Å². The zero-order valence-electron chi connectivity index (χ0n) is 10.6. The SMILES string of the molecule is O=C(Nc1ccc2ccccc2c1)C1COCCN1. The summed E-state index contributed by atoms with van der Waals surface area (Å²) in [5, 5.41) is 8.35. The Morgan fingerprint density at radius 1 is 1.21 bits per heavy atom. The third-order valence-electron chi connectivity index (χ3n) is 3.26. The lowest BCUT2D eigenvalue weighted by atomic mass is 10.1. The Bertz CT molecular complexity index is 591. The van der Waals surface area contributed by atoms with E-state index < -0.39 is 0 Å². The number of hydrogen-bond donors (Lipinski definition) is 2. The molecule has 2 N–H and O–H groups in total. The van der Waals surface area contributed by atoms with E-state index in [2.05, 4.69) is 16.7 Å². The second-order valence-corrected chi connectivity index (χ2v) is 4.63. The number of carbonyl (C=O) groups excluding carboxylic acids is 1. The maximum Gasteiger partial charge on any atom is 0.243 e. The Hall–Kier alpha value is -1.91. The zero-order valence-corrected chi connectivity index (χ0v) is 10.6. The van der Waals surface area contributed by atoms with E-state index in [0.717, 1.165) is 17.6 Å². The van der Waals surface area contributed by atoms with Gasteiger partial charge in [-0.15, -0.1) is 0 Å². The monoisotopic (exact) mass is 256 g/mol. The number of fused-ring (bicyclic) bond motifs is 1. The number of rotatable bonds is 2. The lowest BCUT2D eigenvalue weighted by Gasteiger charge is -2.22. The highest BCUT2D eigenvalue weighted by Crippen LogP contribution is 2.19. The van der Waals surface area contributed by atoms with Crippen molar-refractivity contribution in [2.45, 2.75) is 6.04 Å². The normalized spacial score (nSPS) is 19.3. The Kier molecular flexibility index (Phi) is 3.44. The summed E-state index contributed by atoms with van der Waals surface area (Å²) in [6.45, 7) is 1.81. The molecule has 1 unspecified atom stereocenters. The van der Waals surface area contributed by atoms with Crippen LogP contribution >= 0.6 is 0 Å². The summed E-state index contributed by atoms with van der Waals surface area (Å²) in [7, 11) is 0. The molecule has 1 fully saturated rings. The highest BCUT2D eigenvalue weighted by Gasteiger charge is 2.20. The van der Waals surface area contributed by atoms with E-state index in [0.29, 0.717) is 13.2 Å². The summed E-state index contributed by atoms with van der Waals surface area (Å²) in [5.74, 6) is -0.0463. The molecule has 3 rings (SSSR count). The van der Waals surface area contributed by atoms with Crippen molar-refractivity contribution in [2.24, 2.45) is 0 Å². The quantitative estimate of drug-likeness (QED) is 0.861. The Labute approximate surface area is 111 Å². The average molecular weight is 256 g/mol. The molecular weight excluding hydrogens is 240 g/mol. The molecule has 1 aliphatic rings. The molecule has 0 saturated carbocycles. The fourth-order valence-corrected chi connectivity index (χ4v) is 2.23. The van der Waals surface area contributed by atoms with Crippen molar-refractivity contribution >= 4 is 22.4 Å². The third kappa shape index (κ3) is 2.75. The summed E-state index contributed by atoms with van der Waals surface area (Å²) < 4.78 is 5.29. The average Bonchev–Trinajstić information content (AvgIpc) is 2.48. The van der Waals surface area contributed by atoms with E-state index in [-0.39, 0.29) is 11.9 Å². The van der Waals surface area contributed by atoms with Crippen molar-refractivity contribution in [1.29, 1.82) is 0 Å². The first-order valence-corrected chi connectivity index (χ1v) is 6.44. The summed E-state index contributed by atoms with van der Waals surface area (Å²) in [6.07, 6.45) is 0. The molecule has 19 heavy (non-hydrogen) atoms. The molecule has 1 saturated heterocycles. The lowest BCUT2D eigenvalue weighted by molar-refractivity contribution is -0.120. The molecule has 4 nitrogen and oxygen atoms in total. The number of benzene rings is 2. The minimum atomic E-state index is -0.264. The molecule has 0 aromatic heterocycles. The molecule has 1 aliphatic heterocycles. The van der Waals surface area contributed by atoms with Crippen molar-refractivity contribution in [3.8, 4) is 0 Å². The highest BCUT2D eigenvalue weighted by atomic mass is 16.5. The fourth-order valence-electron chi connectivity index (χ4n) is 2.23. The molecule has 2 aromatic rings. The van der Waals surface area contributed by atoms with Gasteiger partial charge in [0, 0.05) is 12.2 Å². The summed E-state index contributed by atoms with van der Waals surface area (Å²) >= 11 is 0. The van der Waals surface area contributed by atoms with Crippen LogP contribution in [0.4, 0.5) is 5.69 Å². The van der Waals surface area contributed by atoms with Crippen LogP contribution in [0.25, 0.3) is 10.8 Å². The molecule has 0 aliphatic carbocycles. The number of hydrogen-bond acceptors (Lipinski definition) is 3. The first-order valence-electron chi connectivity index (χ1n) is 6.44. The van der Waals surface area contributed by atoms with E-state index in [1.807, 2.05) is 36.4 Å². The predicted molar refractivity (Wildman–Crippen MR) is 75.2 cm³/mol. The van der Waals surface area contributed by atoms with Crippen LogP contribution in [0.5, 0.6) is 0 Å². The van der Waals surface area contributed by atoms with Crippen LogP contribution in [-0.4, -0.2) is 31.7 Å². The van der Waals surface area contributed by atoms with E-state index in [4.69, 9.17) is 4.74 Å². The Morgan fingerprint density at radius 2 is 2.05 bits per heavy atom. The summed E-state index contributed by atoms with van der Waals surface area (Å²) in [5.41, 5.74) is 0.816. The molecule has 1 amide bonds.